The second-order valence-electron chi connectivity index (χ2n) is 5.36. The molecule has 114 valence electrons. The molecule has 2 amide bonds. The Bertz CT molecular complexity index is 505. The standard InChI is InChI=1S/C15H21N3O2S/c1-11(9-14(19)16-12-5-2-3-6-12)17-18-15(20)10-13-7-4-8-21-13/h4,7-8,12H,2-3,5-6,9-10H2,1H3,(H,16,19)(H,18,20)/b17-11-. The Morgan fingerprint density at radius 2 is 2.10 bits per heavy atom. The van der Waals surface area contributed by atoms with Crippen molar-refractivity contribution >= 4 is 28.9 Å². The van der Waals surface area contributed by atoms with Gasteiger partial charge in [0, 0.05) is 16.6 Å². The third-order valence-electron chi connectivity index (χ3n) is 3.42. The van der Waals surface area contributed by atoms with E-state index in [0.717, 1.165) is 17.7 Å². The van der Waals surface area contributed by atoms with Crippen LogP contribution in [-0.4, -0.2) is 23.6 Å². The van der Waals surface area contributed by atoms with Crippen LogP contribution in [0.4, 0.5) is 0 Å². The first kappa shape index (κ1) is 15.7. The van der Waals surface area contributed by atoms with Crippen LogP contribution in [-0.2, 0) is 16.0 Å². The van der Waals surface area contributed by atoms with E-state index in [-0.39, 0.29) is 18.2 Å². The highest BCUT2D eigenvalue weighted by molar-refractivity contribution is 7.10. The molecule has 2 rings (SSSR count). The fraction of sp³-hybridized carbons (Fsp3) is 0.533. The molecule has 1 aromatic rings. The van der Waals surface area contributed by atoms with Gasteiger partial charge in [-0.1, -0.05) is 18.9 Å². The maximum absolute atomic E-state index is 11.8. The number of hydrogen-bond donors (Lipinski definition) is 2. The van der Waals surface area contributed by atoms with Gasteiger partial charge in [0.1, 0.15) is 0 Å². The Kier molecular flexibility index (Phi) is 5.92. The van der Waals surface area contributed by atoms with Crippen LogP contribution in [0.25, 0.3) is 0 Å². The van der Waals surface area contributed by atoms with E-state index in [0.29, 0.717) is 18.2 Å². The molecule has 2 N–H and O–H groups in total. The average Bonchev–Trinajstić information content (AvgIpc) is 3.10. The van der Waals surface area contributed by atoms with Crippen LogP contribution in [0.5, 0.6) is 0 Å². The molecule has 1 saturated carbocycles. The fourth-order valence-electron chi connectivity index (χ4n) is 2.39. The summed E-state index contributed by atoms with van der Waals surface area (Å²) in [7, 11) is 0. The molecule has 0 aliphatic heterocycles. The lowest BCUT2D eigenvalue weighted by Crippen LogP contribution is -2.34. The van der Waals surface area contributed by atoms with Crippen molar-refractivity contribution in [3.05, 3.63) is 22.4 Å². The van der Waals surface area contributed by atoms with E-state index < -0.39 is 0 Å². The van der Waals surface area contributed by atoms with Gasteiger partial charge in [0.2, 0.25) is 11.8 Å². The first-order valence-corrected chi connectivity index (χ1v) is 8.15. The number of hydrazone groups is 1. The van der Waals surface area contributed by atoms with E-state index in [1.54, 1.807) is 18.3 Å². The maximum atomic E-state index is 11.8. The van der Waals surface area contributed by atoms with Crippen LogP contribution in [0.2, 0.25) is 0 Å². The first-order chi connectivity index (χ1) is 10.1. The van der Waals surface area contributed by atoms with Crippen LogP contribution in [0.3, 0.4) is 0 Å². The van der Waals surface area contributed by atoms with Crippen molar-refractivity contribution in [1.82, 2.24) is 10.7 Å². The van der Waals surface area contributed by atoms with E-state index in [1.165, 1.54) is 12.8 Å². The summed E-state index contributed by atoms with van der Waals surface area (Å²) in [6.45, 7) is 1.75. The lowest BCUT2D eigenvalue weighted by molar-refractivity contribution is -0.121. The molecule has 1 aliphatic carbocycles. The molecule has 6 heteroatoms. The molecule has 5 nitrogen and oxygen atoms in total. The van der Waals surface area contributed by atoms with Crippen molar-refractivity contribution in [3.63, 3.8) is 0 Å². The Hall–Kier alpha value is -1.69. The van der Waals surface area contributed by atoms with Gasteiger partial charge in [-0.15, -0.1) is 11.3 Å². The lowest BCUT2D eigenvalue weighted by Gasteiger charge is -2.11. The van der Waals surface area contributed by atoms with Crippen LogP contribution >= 0.6 is 11.3 Å². The lowest BCUT2D eigenvalue weighted by atomic mass is 10.2. The molecule has 0 unspecified atom stereocenters. The Morgan fingerprint density at radius 1 is 1.33 bits per heavy atom. The summed E-state index contributed by atoms with van der Waals surface area (Å²) in [6, 6.07) is 4.14. The number of nitrogens with zero attached hydrogens (tertiary/aromatic N) is 1. The van der Waals surface area contributed by atoms with Gasteiger partial charge in [-0.3, -0.25) is 9.59 Å². The molecule has 0 saturated heterocycles. The SMILES string of the molecule is C/C(CC(=O)NC1CCCC1)=N/NC(=O)Cc1cccs1. The van der Waals surface area contributed by atoms with Crippen LogP contribution in [0, 0.1) is 0 Å². The average molecular weight is 307 g/mol. The summed E-state index contributed by atoms with van der Waals surface area (Å²) in [5, 5.41) is 8.92. The van der Waals surface area contributed by atoms with Crippen LogP contribution in [0.15, 0.2) is 22.6 Å². The van der Waals surface area contributed by atoms with Gasteiger partial charge < -0.3 is 5.32 Å². The van der Waals surface area contributed by atoms with Crippen LogP contribution in [0.1, 0.15) is 43.9 Å². The van der Waals surface area contributed by atoms with Crippen molar-refractivity contribution in [2.24, 2.45) is 5.10 Å². The monoisotopic (exact) mass is 307 g/mol. The zero-order valence-electron chi connectivity index (χ0n) is 12.2. The van der Waals surface area contributed by atoms with Gasteiger partial charge in [0.25, 0.3) is 0 Å². The van der Waals surface area contributed by atoms with Gasteiger partial charge in [0.05, 0.1) is 12.8 Å². The van der Waals surface area contributed by atoms with Crippen molar-refractivity contribution in [2.45, 2.75) is 51.5 Å². The summed E-state index contributed by atoms with van der Waals surface area (Å²) in [5.41, 5.74) is 3.11. The van der Waals surface area contributed by atoms with Crippen LogP contribution < -0.4 is 10.7 Å². The van der Waals surface area contributed by atoms with Gasteiger partial charge in [-0.2, -0.15) is 5.10 Å². The third kappa shape index (κ3) is 5.67. The number of hydrogen-bond acceptors (Lipinski definition) is 4. The molecular weight excluding hydrogens is 286 g/mol. The maximum Gasteiger partial charge on any atom is 0.245 e. The van der Waals surface area contributed by atoms with Crippen molar-refractivity contribution < 1.29 is 9.59 Å². The zero-order chi connectivity index (χ0) is 15.1. The molecule has 1 aliphatic rings. The normalized spacial score (nSPS) is 16.0. The molecule has 1 heterocycles. The van der Waals surface area contributed by atoms with Crippen molar-refractivity contribution in [3.8, 4) is 0 Å². The fourth-order valence-corrected chi connectivity index (χ4v) is 3.09. The second-order valence-corrected chi connectivity index (χ2v) is 6.40. The molecule has 0 radical (unpaired) electrons. The smallest absolute Gasteiger partial charge is 0.245 e. The Labute approximate surface area is 128 Å². The minimum Gasteiger partial charge on any atom is -0.353 e. The minimum absolute atomic E-state index is 0.0179. The summed E-state index contributed by atoms with van der Waals surface area (Å²) in [4.78, 5) is 24.5. The van der Waals surface area contributed by atoms with Gasteiger partial charge in [0.15, 0.2) is 0 Å². The first-order valence-electron chi connectivity index (χ1n) is 7.27. The number of rotatable bonds is 6. The second kappa shape index (κ2) is 7.93. The van der Waals surface area contributed by atoms with E-state index in [2.05, 4.69) is 15.8 Å². The van der Waals surface area contributed by atoms with E-state index in [1.807, 2.05) is 17.5 Å². The van der Waals surface area contributed by atoms with E-state index in [9.17, 15) is 9.59 Å². The minimum atomic E-state index is -0.159. The third-order valence-corrected chi connectivity index (χ3v) is 4.30. The van der Waals surface area contributed by atoms with E-state index >= 15 is 0 Å². The molecular formula is C15H21N3O2S. The van der Waals surface area contributed by atoms with Gasteiger partial charge >= 0.3 is 0 Å². The molecule has 0 atom stereocenters. The Balaban J connectivity index is 1.70. The molecule has 1 aromatic heterocycles. The molecule has 1 fully saturated rings. The number of carbonyl (C=O) groups excluding carboxylic acids is 2. The largest absolute Gasteiger partial charge is 0.353 e. The molecule has 21 heavy (non-hydrogen) atoms. The van der Waals surface area contributed by atoms with Crippen molar-refractivity contribution in [2.75, 3.05) is 0 Å². The summed E-state index contributed by atoms with van der Waals surface area (Å²) in [5.74, 6) is -0.177. The summed E-state index contributed by atoms with van der Waals surface area (Å²) < 4.78 is 0. The highest BCUT2D eigenvalue weighted by Gasteiger charge is 2.17. The van der Waals surface area contributed by atoms with Gasteiger partial charge in [-0.05, 0) is 31.2 Å². The highest BCUT2D eigenvalue weighted by Crippen LogP contribution is 2.17. The van der Waals surface area contributed by atoms with Crippen molar-refractivity contribution in [1.29, 1.82) is 0 Å². The highest BCUT2D eigenvalue weighted by atomic mass is 32.1. The topological polar surface area (TPSA) is 70.6 Å². The van der Waals surface area contributed by atoms with E-state index in [4.69, 9.17) is 0 Å². The predicted molar refractivity (Wildman–Crippen MR) is 84.3 cm³/mol. The Morgan fingerprint density at radius 3 is 2.76 bits per heavy atom. The van der Waals surface area contributed by atoms with Gasteiger partial charge in [-0.25, -0.2) is 5.43 Å². The summed E-state index contributed by atoms with van der Waals surface area (Å²) in [6.07, 6.45) is 5.07. The number of nitrogens with one attached hydrogen (secondary N) is 2. The number of carbonyl (C=O) groups is 2. The molecule has 0 spiro atoms. The predicted octanol–water partition coefficient (Wildman–Crippen LogP) is 2.23. The molecule has 0 bridgehead atoms. The number of amides is 2. The quantitative estimate of drug-likeness (QED) is 0.625. The summed E-state index contributed by atoms with van der Waals surface area (Å²) >= 11 is 1.54. The zero-order valence-corrected chi connectivity index (χ0v) is 13.0. The molecule has 0 aromatic carbocycles. The number of thiophene rings is 1.